The van der Waals surface area contributed by atoms with Crippen molar-refractivity contribution in [2.45, 2.75) is 64.1 Å². The number of hydrogen-bond donors (Lipinski definition) is 1. The third-order valence-corrected chi connectivity index (χ3v) is 4.58. The van der Waals surface area contributed by atoms with Crippen LogP contribution in [0.25, 0.3) is 0 Å². The molecule has 19 heavy (non-hydrogen) atoms. The SMILES string of the molecule is CCN1CCCCC1Cc1nnc2n1CCC(O)C2. The van der Waals surface area contributed by atoms with Crippen molar-refractivity contribution < 1.29 is 5.11 Å². The number of piperidine rings is 1. The van der Waals surface area contributed by atoms with Gasteiger partial charge in [0, 0.05) is 25.4 Å². The maximum absolute atomic E-state index is 9.68. The number of fused-ring (bicyclic) bond motifs is 1. The van der Waals surface area contributed by atoms with Crippen molar-refractivity contribution >= 4 is 0 Å². The van der Waals surface area contributed by atoms with E-state index in [0.29, 0.717) is 12.5 Å². The molecule has 2 unspecified atom stereocenters. The average Bonchev–Trinajstić information content (AvgIpc) is 2.82. The summed E-state index contributed by atoms with van der Waals surface area (Å²) in [5.41, 5.74) is 0. The number of nitrogens with zero attached hydrogens (tertiary/aromatic N) is 4. The van der Waals surface area contributed by atoms with Crippen molar-refractivity contribution in [2.75, 3.05) is 13.1 Å². The van der Waals surface area contributed by atoms with E-state index in [2.05, 4.69) is 26.6 Å². The minimum Gasteiger partial charge on any atom is -0.393 e. The molecule has 5 heteroatoms. The third kappa shape index (κ3) is 2.67. The van der Waals surface area contributed by atoms with E-state index >= 15 is 0 Å². The summed E-state index contributed by atoms with van der Waals surface area (Å²) >= 11 is 0. The molecule has 1 aromatic heterocycles. The average molecular weight is 264 g/mol. The van der Waals surface area contributed by atoms with E-state index in [1.165, 1.54) is 25.8 Å². The van der Waals surface area contributed by atoms with E-state index in [-0.39, 0.29) is 6.10 Å². The molecule has 1 N–H and O–H groups in total. The van der Waals surface area contributed by atoms with Crippen LogP contribution in [-0.2, 0) is 19.4 Å². The summed E-state index contributed by atoms with van der Waals surface area (Å²) in [4.78, 5) is 2.57. The van der Waals surface area contributed by atoms with Crippen molar-refractivity contribution in [1.29, 1.82) is 0 Å². The molecule has 3 heterocycles. The number of rotatable bonds is 3. The number of aliphatic hydroxyl groups is 1. The zero-order valence-corrected chi connectivity index (χ0v) is 11.8. The highest BCUT2D eigenvalue weighted by Crippen LogP contribution is 2.22. The van der Waals surface area contributed by atoms with E-state index in [1.807, 2.05) is 0 Å². The van der Waals surface area contributed by atoms with E-state index in [4.69, 9.17) is 0 Å². The molecule has 1 aromatic rings. The summed E-state index contributed by atoms with van der Waals surface area (Å²) in [7, 11) is 0. The van der Waals surface area contributed by atoms with Crippen LogP contribution in [0.3, 0.4) is 0 Å². The zero-order chi connectivity index (χ0) is 13.2. The summed E-state index contributed by atoms with van der Waals surface area (Å²) in [5.74, 6) is 2.08. The van der Waals surface area contributed by atoms with Gasteiger partial charge in [-0.05, 0) is 32.4 Å². The molecule has 5 nitrogen and oxygen atoms in total. The molecular formula is C14H24N4O. The van der Waals surface area contributed by atoms with Gasteiger partial charge < -0.3 is 14.6 Å². The number of aliphatic hydroxyl groups excluding tert-OH is 1. The molecule has 0 amide bonds. The summed E-state index contributed by atoms with van der Waals surface area (Å²) in [6.07, 6.45) is 6.21. The molecule has 0 aromatic carbocycles. The van der Waals surface area contributed by atoms with Gasteiger partial charge in [0.05, 0.1) is 6.10 Å². The number of aromatic nitrogens is 3. The van der Waals surface area contributed by atoms with Gasteiger partial charge in [0.1, 0.15) is 11.6 Å². The quantitative estimate of drug-likeness (QED) is 0.885. The first kappa shape index (κ1) is 13.1. The molecule has 2 aliphatic heterocycles. The minimum absolute atomic E-state index is 0.230. The Morgan fingerprint density at radius 3 is 2.95 bits per heavy atom. The minimum atomic E-state index is -0.230. The zero-order valence-electron chi connectivity index (χ0n) is 11.8. The second kappa shape index (κ2) is 5.59. The fourth-order valence-electron chi connectivity index (χ4n) is 3.44. The number of hydrogen-bond acceptors (Lipinski definition) is 4. The standard InChI is InChI=1S/C14H24N4O/c1-2-17-7-4-3-5-11(17)9-13-15-16-14-10-12(19)6-8-18(13)14/h11-12,19H,2-10H2,1H3. The van der Waals surface area contributed by atoms with Gasteiger partial charge in [-0.2, -0.15) is 0 Å². The van der Waals surface area contributed by atoms with Crippen LogP contribution in [0.4, 0.5) is 0 Å². The van der Waals surface area contributed by atoms with Crippen LogP contribution in [0.2, 0.25) is 0 Å². The highest BCUT2D eigenvalue weighted by molar-refractivity contribution is 5.03. The molecule has 2 atom stereocenters. The molecule has 0 spiro atoms. The van der Waals surface area contributed by atoms with Crippen LogP contribution < -0.4 is 0 Å². The number of likely N-dealkylation sites (tertiary alicyclic amines) is 1. The van der Waals surface area contributed by atoms with Crippen LogP contribution in [0.1, 0.15) is 44.3 Å². The van der Waals surface area contributed by atoms with Gasteiger partial charge in [-0.25, -0.2) is 0 Å². The van der Waals surface area contributed by atoms with Crippen LogP contribution in [0, 0.1) is 0 Å². The van der Waals surface area contributed by atoms with Crippen LogP contribution in [-0.4, -0.2) is 50.0 Å². The lowest BCUT2D eigenvalue weighted by Gasteiger charge is -2.34. The third-order valence-electron chi connectivity index (χ3n) is 4.58. The van der Waals surface area contributed by atoms with Gasteiger partial charge in [0.15, 0.2) is 0 Å². The van der Waals surface area contributed by atoms with Crippen LogP contribution in [0.5, 0.6) is 0 Å². The highest BCUT2D eigenvalue weighted by Gasteiger charge is 2.26. The Bertz CT molecular complexity index is 431. The monoisotopic (exact) mass is 264 g/mol. The van der Waals surface area contributed by atoms with Crippen LogP contribution in [0.15, 0.2) is 0 Å². The molecule has 1 saturated heterocycles. The van der Waals surface area contributed by atoms with E-state index in [0.717, 1.165) is 37.6 Å². The van der Waals surface area contributed by atoms with E-state index < -0.39 is 0 Å². The number of likely N-dealkylation sites (N-methyl/N-ethyl adjacent to an activating group) is 1. The lowest BCUT2D eigenvalue weighted by molar-refractivity contribution is 0.137. The first-order valence-corrected chi connectivity index (χ1v) is 7.61. The maximum atomic E-state index is 9.68. The van der Waals surface area contributed by atoms with Gasteiger partial charge in [-0.1, -0.05) is 13.3 Å². The van der Waals surface area contributed by atoms with Crippen molar-refractivity contribution in [1.82, 2.24) is 19.7 Å². The lowest BCUT2D eigenvalue weighted by Crippen LogP contribution is -2.41. The van der Waals surface area contributed by atoms with Crippen molar-refractivity contribution in [2.24, 2.45) is 0 Å². The van der Waals surface area contributed by atoms with Crippen molar-refractivity contribution in [3.63, 3.8) is 0 Å². The topological polar surface area (TPSA) is 54.2 Å². The second-order valence-electron chi connectivity index (χ2n) is 5.81. The van der Waals surface area contributed by atoms with E-state index in [1.54, 1.807) is 0 Å². The Balaban J connectivity index is 1.73. The lowest BCUT2D eigenvalue weighted by atomic mass is 9.99. The second-order valence-corrected chi connectivity index (χ2v) is 5.81. The Morgan fingerprint density at radius 2 is 2.11 bits per heavy atom. The predicted molar refractivity (Wildman–Crippen MR) is 72.9 cm³/mol. The molecule has 3 rings (SSSR count). The van der Waals surface area contributed by atoms with Gasteiger partial charge in [0.2, 0.25) is 0 Å². The Hall–Kier alpha value is -0.940. The summed E-state index contributed by atoms with van der Waals surface area (Å²) < 4.78 is 2.23. The molecule has 0 radical (unpaired) electrons. The molecular weight excluding hydrogens is 240 g/mol. The van der Waals surface area contributed by atoms with Gasteiger partial charge in [-0.15, -0.1) is 10.2 Å². The first-order chi connectivity index (χ1) is 9.28. The smallest absolute Gasteiger partial charge is 0.135 e. The summed E-state index contributed by atoms with van der Waals surface area (Å²) in [6.45, 7) is 5.47. The molecule has 0 aliphatic carbocycles. The van der Waals surface area contributed by atoms with Gasteiger partial charge in [-0.3, -0.25) is 0 Å². The Labute approximate surface area is 114 Å². The fourth-order valence-corrected chi connectivity index (χ4v) is 3.44. The predicted octanol–water partition coefficient (Wildman–Crippen LogP) is 1.00. The summed E-state index contributed by atoms with van der Waals surface area (Å²) in [6, 6.07) is 0.624. The molecule has 0 bridgehead atoms. The molecule has 0 saturated carbocycles. The maximum Gasteiger partial charge on any atom is 0.135 e. The largest absolute Gasteiger partial charge is 0.393 e. The van der Waals surface area contributed by atoms with E-state index in [9.17, 15) is 5.11 Å². The van der Waals surface area contributed by atoms with Gasteiger partial charge in [0.25, 0.3) is 0 Å². The van der Waals surface area contributed by atoms with Gasteiger partial charge >= 0.3 is 0 Å². The molecule has 106 valence electrons. The molecule has 1 fully saturated rings. The molecule has 2 aliphatic rings. The fraction of sp³-hybridized carbons (Fsp3) is 0.857. The van der Waals surface area contributed by atoms with Crippen LogP contribution >= 0.6 is 0 Å². The normalized spacial score (nSPS) is 28.3. The Kier molecular flexibility index (Phi) is 3.84. The van der Waals surface area contributed by atoms with Crippen molar-refractivity contribution in [3.8, 4) is 0 Å². The summed E-state index contributed by atoms with van der Waals surface area (Å²) in [5, 5.41) is 18.3. The highest BCUT2D eigenvalue weighted by atomic mass is 16.3. The Morgan fingerprint density at radius 1 is 1.21 bits per heavy atom. The van der Waals surface area contributed by atoms with Crippen molar-refractivity contribution in [3.05, 3.63) is 11.6 Å². The first-order valence-electron chi connectivity index (χ1n) is 7.61.